The van der Waals surface area contributed by atoms with Gasteiger partial charge in [-0.15, -0.1) is 0 Å². The Hall–Kier alpha value is -0.120. The topological polar surface area (TPSA) is 34.3 Å². The van der Waals surface area contributed by atoms with Gasteiger partial charge in [-0.05, 0) is 70.1 Å². The second-order valence-corrected chi connectivity index (χ2v) is 9.59. The lowest BCUT2D eigenvalue weighted by Gasteiger charge is -2.35. The van der Waals surface area contributed by atoms with Gasteiger partial charge in [0.15, 0.2) is 0 Å². The number of hydrogen-bond donors (Lipinski definition) is 0. The van der Waals surface area contributed by atoms with Crippen LogP contribution in [0.4, 0.5) is 0 Å². The molecule has 0 spiro atoms. The van der Waals surface area contributed by atoms with Gasteiger partial charge in [0.1, 0.15) is 6.10 Å². The molecule has 3 nitrogen and oxygen atoms in total. The molecule has 2 saturated heterocycles. The van der Waals surface area contributed by atoms with Crippen molar-refractivity contribution >= 4 is 0 Å². The molecule has 3 heteroatoms. The summed E-state index contributed by atoms with van der Waals surface area (Å²) in [6, 6.07) is 0. The van der Waals surface area contributed by atoms with E-state index < -0.39 is 0 Å². The summed E-state index contributed by atoms with van der Waals surface area (Å²) in [7, 11) is 0. The lowest BCUT2D eigenvalue weighted by atomic mass is 9.71. The maximum atomic E-state index is 6.36. The average molecular weight is 308 g/mol. The summed E-state index contributed by atoms with van der Waals surface area (Å²) in [6.45, 7) is 12.4. The maximum Gasteiger partial charge on any atom is 0.113 e. The predicted molar refractivity (Wildman–Crippen MR) is 85.8 cm³/mol. The molecule has 2 heterocycles. The van der Waals surface area contributed by atoms with Gasteiger partial charge in [-0.1, -0.05) is 13.8 Å². The Kier molecular flexibility index (Phi) is 3.30. The first-order valence-corrected chi connectivity index (χ1v) is 9.19. The number of epoxide rings is 2. The van der Waals surface area contributed by atoms with E-state index in [2.05, 4.69) is 34.6 Å². The molecule has 4 aliphatic rings. The maximum absolute atomic E-state index is 6.36. The molecule has 4 fully saturated rings. The minimum absolute atomic E-state index is 0.0926. The van der Waals surface area contributed by atoms with Crippen LogP contribution in [-0.2, 0) is 14.2 Å². The van der Waals surface area contributed by atoms with Gasteiger partial charge in [0, 0.05) is 6.61 Å². The van der Waals surface area contributed by atoms with Crippen molar-refractivity contribution in [1.82, 2.24) is 0 Å². The first-order valence-electron chi connectivity index (χ1n) is 9.19. The molecule has 22 heavy (non-hydrogen) atoms. The van der Waals surface area contributed by atoms with Crippen LogP contribution in [0.3, 0.4) is 0 Å². The summed E-state index contributed by atoms with van der Waals surface area (Å²) in [5.41, 5.74) is 0.602. The van der Waals surface area contributed by atoms with E-state index in [1.54, 1.807) is 0 Å². The summed E-state index contributed by atoms with van der Waals surface area (Å²) in [5.74, 6) is 1.45. The highest BCUT2D eigenvalue weighted by Crippen LogP contribution is 2.55. The second kappa shape index (κ2) is 4.70. The number of ether oxygens (including phenoxy) is 3. The SMILES string of the molecule is CC1OC1(C)C1CCC(COC2CC(C)(C)CC3(C)OC23)C1. The Balaban J connectivity index is 1.29. The Morgan fingerprint density at radius 2 is 1.82 bits per heavy atom. The summed E-state index contributed by atoms with van der Waals surface area (Å²) in [5, 5.41) is 0. The van der Waals surface area contributed by atoms with E-state index in [0.717, 1.165) is 18.9 Å². The fraction of sp³-hybridized carbons (Fsp3) is 1.00. The molecule has 0 aromatic rings. The summed E-state index contributed by atoms with van der Waals surface area (Å²) >= 11 is 0. The quantitative estimate of drug-likeness (QED) is 0.738. The van der Waals surface area contributed by atoms with Crippen molar-refractivity contribution in [2.45, 2.75) is 96.2 Å². The molecule has 7 atom stereocenters. The van der Waals surface area contributed by atoms with Crippen LogP contribution in [0, 0.1) is 17.3 Å². The van der Waals surface area contributed by atoms with Crippen LogP contribution >= 0.6 is 0 Å². The van der Waals surface area contributed by atoms with E-state index in [-0.39, 0.29) is 11.2 Å². The highest BCUT2D eigenvalue weighted by atomic mass is 16.6. The van der Waals surface area contributed by atoms with Crippen molar-refractivity contribution in [3.8, 4) is 0 Å². The molecule has 0 aromatic carbocycles. The van der Waals surface area contributed by atoms with Gasteiger partial charge in [0.2, 0.25) is 0 Å². The van der Waals surface area contributed by atoms with Crippen molar-refractivity contribution in [1.29, 1.82) is 0 Å². The zero-order valence-corrected chi connectivity index (χ0v) is 14.9. The average Bonchev–Trinajstić information content (AvgIpc) is 3.15. The van der Waals surface area contributed by atoms with Crippen molar-refractivity contribution < 1.29 is 14.2 Å². The standard InChI is InChI=1S/C19H32O3/c1-12-19(5,21-12)14-7-6-13(8-14)10-20-15-9-17(2,3)11-18(4)16(15)22-18/h12-16H,6-11H2,1-5H3. The molecule has 0 amide bonds. The van der Waals surface area contributed by atoms with Gasteiger partial charge in [-0.25, -0.2) is 0 Å². The van der Waals surface area contributed by atoms with Gasteiger partial charge in [0.05, 0.1) is 23.4 Å². The van der Waals surface area contributed by atoms with Crippen LogP contribution in [0.5, 0.6) is 0 Å². The lowest BCUT2D eigenvalue weighted by molar-refractivity contribution is -0.0203. The molecule has 4 rings (SSSR count). The van der Waals surface area contributed by atoms with Crippen LogP contribution < -0.4 is 0 Å². The fourth-order valence-corrected chi connectivity index (χ4v) is 5.47. The van der Waals surface area contributed by atoms with Crippen LogP contribution in [0.1, 0.15) is 66.7 Å². The summed E-state index contributed by atoms with van der Waals surface area (Å²) < 4.78 is 18.2. The Morgan fingerprint density at radius 3 is 2.50 bits per heavy atom. The Morgan fingerprint density at radius 1 is 1.09 bits per heavy atom. The number of rotatable bonds is 4. The molecule has 2 saturated carbocycles. The highest BCUT2D eigenvalue weighted by molar-refractivity contribution is 5.11. The van der Waals surface area contributed by atoms with Gasteiger partial charge in [-0.3, -0.25) is 0 Å². The molecule has 2 aliphatic carbocycles. The largest absolute Gasteiger partial charge is 0.375 e. The van der Waals surface area contributed by atoms with E-state index in [1.807, 2.05) is 0 Å². The van der Waals surface area contributed by atoms with Gasteiger partial charge >= 0.3 is 0 Å². The Labute approximate surface area is 135 Å². The third kappa shape index (κ3) is 2.53. The van der Waals surface area contributed by atoms with E-state index in [0.29, 0.717) is 29.6 Å². The normalized spacial score (nSPS) is 55.8. The molecule has 0 N–H and O–H groups in total. The minimum Gasteiger partial charge on any atom is -0.375 e. The van der Waals surface area contributed by atoms with Crippen molar-refractivity contribution in [2.24, 2.45) is 17.3 Å². The fourth-order valence-electron chi connectivity index (χ4n) is 5.47. The molecule has 0 aromatic heterocycles. The number of fused-ring (bicyclic) bond motifs is 1. The van der Waals surface area contributed by atoms with E-state index in [4.69, 9.17) is 14.2 Å². The monoisotopic (exact) mass is 308 g/mol. The third-order valence-electron chi connectivity index (χ3n) is 6.94. The second-order valence-electron chi connectivity index (χ2n) is 9.59. The zero-order valence-electron chi connectivity index (χ0n) is 14.9. The van der Waals surface area contributed by atoms with Crippen LogP contribution in [0.15, 0.2) is 0 Å². The number of hydrogen-bond acceptors (Lipinski definition) is 3. The van der Waals surface area contributed by atoms with Crippen molar-refractivity contribution in [3.05, 3.63) is 0 Å². The van der Waals surface area contributed by atoms with E-state index in [9.17, 15) is 0 Å². The molecule has 2 aliphatic heterocycles. The predicted octanol–water partition coefficient (Wildman–Crippen LogP) is 3.94. The van der Waals surface area contributed by atoms with Crippen LogP contribution in [0.2, 0.25) is 0 Å². The van der Waals surface area contributed by atoms with E-state index >= 15 is 0 Å². The van der Waals surface area contributed by atoms with E-state index in [1.165, 1.54) is 25.7 Å². The van der Waals surface area contributed by atoms with Crippen molar-refractivity contribution in [3.63, 3.8) is 0 Å². The van der Waals surface area contributed by atoms with Gasteiger partial charge in [0.25, 0.3) is 0 Å². The first-order chi connectivity index (χ1) is 10.2. The first kappa shape index (κ1) is 15.4. The van der Waals surface area contributed by atoms with Crippen LogP contribution in [0.25, 0.3) is 0 Å². The molecule has 126 valence electrons. The Bertz CT molecular complexity index is 459. The van der Waals surface area contributed by atoms with Crippen molar-refractivity contribution in [2.75, 3.05) is 6.61 Å². The molecular formula is C19H32O3. The molecule has 7 unspecified atom stereocenters. The van der Waals surface area contributed by atoms with Gasteiger partial charge in [-0.2, -0.15) is 0 Å². The highest BCUT2D eigenvalue weighted by Gasteiger charge is 2.63. The molecular weight excluding hydrogens is 276 g/mol. The lowest BCUT2D eigenvalue weighted by Crippen LogP contribution is -2.39. The summed E-state index contributed by atoms with van der Waals surface area (Å²) in [6.07, 6.45) is 7.31. The minimum atomic E-state index is 0.0926. The van der Waals surface area contributed by atoms with Gasteiger partial charge < -0.3 is 14.2 Å². The zero-order chi connectivity index (χ0) is 15.8. The molecule has 0 bridgehead atoms. The van der Waals surface area contributed by atoms with Crippen LogP contribution in [-0.4, -0.2) is 36.1 Å². The smallest absolute Gasteiger partial charge is 0.113 e. The molecule has 0 radical (unpaired) electrons. The summed E-state index contributed by atoms with van der Waals surface area (Å²) in [4.78, 5) is 0. The third-order valence-corrected chi connectivity index (χ3v) is 6.94.